The van der Waals surface area contributed by atoms with E-state index in [1.807, 2.05) is 20.8 Å². The molecular weight excluding hydrogens is 290 g/mol. The Kier molecular flexibility index (Phi) is 7.56. The first kappa shape index (κ1) is 17.8. The molecule has 0 spiro atoms. The first-order valence-corrected chi connectivity index (χ1v) is 8.31. The van der Waals surface area contributed by atoms with E-state index in [2.05, 4.69) is 22.4 Å². The third kappa shape index (κ3) is 8.60. The van der Waals surface area contributed by atoms with Gasteiger partial charge in [-0.25, -0.2) is 4.79 Å². The van der Waals surface area contributed by atoms with Gasteiger partial charge in [-0.15, -0.1) is 10.2 Å². The molecule has 1 rings (SSSR count). The van der Waals surface area contributed by atoms with Crippen LogP contribution in [-0.2, 0) is 11.2 Å². The van der Waals surface area contributed by atoms with Crippen LogP contribution in [0.25, 0.3) is 0 Å². The van der Waals surface area contributed by atoms with Crippen molar-refractivity contribution < 1.29 is 13.9 Å². The summed E-state index contributed by atoms with van der Waals surface area (Å²) in [7, 11) is 0. The van der Waals surface area contributed by atoms with Gasteiger partial charge < -0.3 is 14.5 Å². The summed E-state index contributed by atoms with van der Waals surface area (Å²) in [5.41, 5.74) is -0.489. The molecule has 0 radical (unpaired) electrons. The Morgan fingerprint density at radius 3 is 2.76 bits per heavy atom. The van der Waals surface area contributed by atoms with E-state index in [-0.39, 0.29) is 0 Å². The molecule has 6 nitrogen and oxygen atoms in total. The highest BCUT2D eigenvalue weighted by Crippen LogP contribution is 2.18. The van der Waals surface area contributed by atoms with Crippen molar-refractivity contribution in [2.75, 3.05) is 12.3 Å². The smallest absolute Gasteiger partial charge is 0.407 e. The van der Waals surface area contributed by atoms with Crippen LogP contribution in [0.2, 0.25) is 0 Å². The summed E-state index contributed by atoms with van der Waals surface area (Å²) in [5, 5.41) is 11.2. The van der Waals surface area contributed by atoms with Crippen LogP contribution in [-0.4, -0.2) is 34.2 Å². The number of unbranched alkanes of at least 4 members (excludes halogenated alkanes) is 2. The molecular formula is C14H25N3O3S. The van der Waals surface area contributed by atoms with Gasteiger partial charge in [-0.2, -0.15) is 0 Å². The molecule has 1 N–H and O–H groups in total. The van der Waals surface area contributed by atoms with Crippen molar-refractivity contribution in [3.63, 3.8) is 0 Å². The van der Waals surface area contributed by atoms with Crippen molar-refractivity contribution >= 4 is 17.9 Å². The van der Waals surface area contributed by atoms with E-state index >= 15 is 0 Å². The third-order valence-electron chi connectivity index (χ3n) is 2.43. The molecule has 0 saturated carbocycles. The minimum Gasteiger partial charge on any atom is -0.444 e. The summed E-state index contributed by atoms with van der Waals surface area (Å²) in [6, 6.07) is 0. The van der Waals surface area contributed by atoms with Gasteiger partial charge in [0.1, 0.15) is 5.60 Å². The molecule has 0 saturated heterocycles. The van der Waals surface area contributed by atoms with Crippen LogP contribution in [0, 0.1) is 0 Å². The molecule has 0 fully saturated rings. The van der Waals surface area contributed by atoms with Gasteiger partial charge in [0.15, 0.2) is 0 Å². The Labute approximate surface area is 130 Å². The Balaban J connectivity index is 2.21. The van der Waals surface area contributed by atoms with Gasteiger partial charge in [-0.05, 0) is 27.2 Å². The van der Waals surface area contributed by atoms with E-state index in [1.165, 1.54) is 12.8 Å². The first-order valence-electron chi connectivity index (χ1n) is 7.32. The average Bonchev–Trinajstić information content (AvgIpc) is 2.80. The molecule has 1 amide bonds. The largest absolute Gasteiger partial charge is 0.444 e. The van der Waals surface area contributed by atoms with Crippen LogP contribution < -0.4 is 5.32 Å². The predicted molar refractivity (Wildman–Crippen MR) is 82.5 cm³/mol. The maximum Gasteiger partial charge on any atom is 0.407 e. The number of alkyl carbamates (subject to hydrolysis) is 1. The maximum absolute atomic E-state index is 11.5. The van der Waals surface area contributed by atoms with Crippen molar-refractivity contribution in [2.45, 2.75) is 64.2 Å². The number of carbonyl (C=O) groups excluding carboxylic acids is 1. The van der Waals surface area contributed by atoms with E-state index in [0.717, 1.165) is 12.2 Å². The standard InChI is InChI=1S/C14H25N3O3S/c1-5-6-7-10-21-13-17-16-11(19-13)8-9-15-12(18)20-14(2,3)4/h5-10H2,1-4H3,(H,15,18). The summed E-state index contributed by atoms with van der Waals surface area (Å²) in [6.45, 7) is 8.07. The Bertz CT molecular complexity index is 429. The zero-order chi connectivity index (χ0) is 15.7. The number of carbonyl (C=O) groups is 1. The molecule has 0 aliphatic rings. The van der Waals surface area contributed by atoms with Crippen LogP contribution in [0.4, 0.5) is 4.79 Å². The van der Waals surface area contributed by atoms with E-state index in [1.54, 1.807) is 11.8 Å². The molecule has 0 bridgehead atoms. The second-order valence-electron chi connectivity index (χ2n) is 5.70. The summed E-state index contributed by atoms with van der Waals surface area (Å²) in [5.74, 6) is 1.52. The van der Waals surface area contributed by atoms with Gasteiger partial charge in [0.2, 0.25) is 5.89 Å². The van der Waals surface area contributed by atoms with Gasteiger partial charge in [-0.1, -0.05) is 31.5 Å². The van der Waals surface area contributed by atoms with E-state index in [4.69, 9.17) is 9.15 Å². The highest BCUT2D eigenvalue weighted by atomic mass is 32.2. The lowest BCUT2D eigenvalue weighted by molar-refractivity contribution is 0.0528. The molecule has 1 aromatic heterocycles. The fourth-order valence-electron chi connectivity index (χ4n) is 1.49. The molecule has 0 atom stereocenters. The van der Waals surface area contributed by atoms with Crippen molar-refractivity contribution in [1.82, 2.24) is 15.5 Å². The number of nitrogens with one attached hydrogen (secondary N) is 1. The quantitative estimate of drug-likeness (QED) is 0.585. The number of amides is 1. The summed E-state index contributed by atoms with van der Waals surface area (Å²) in [6.07, 6.45) is 3.64. The molecule has 0 aliphatic heterocycles. The van der Waals surface area contributed by atoms with Gasteiger partial charge in [-0.3, -0.25) is 0 Å². The maximum atomic E-state index is 11.5. The minimum atomic E-state index is -0.489. The monoisotopic (exact) mass is 315 g/mol. The molecule has 7 heteroatoms. The molecule has 1 heterocycles. The van der Waals surface area contributed by atoms with Crippen LogP contribution in [0.15, 0.2) is 9.64 Å². The number of aromatic nitrogens is 2. The van der Waals surface area contributed by atoms with E-state index < -0.39 is 11.7 Å². The number of thioether (sulfide) groups is 1. The molecule has 120 valence electrons. The molecule has 0 unspecified atom stereocenters. The lowest BCUT2D eigenvalue weighted by Crippen LogP contribution is -2.33. The van der Waals surface area contributed by atoms with Crippen LogP contribution in [0.1, 0.15) is 52.8 Å². The summed E-state index contributed by atoms with van der Waals surface area (Å²) in [4.78, 5) is 11.5. The zero-order valence-electron chi connectivity index (χ0n) is 13.3. The molecule has 21 heavy (non-hydrogen) atoms. The molecule has 1 aromatic rings. The van der Waals surface area contributed by atoms with Crippen molar-refractivity contribution in [2.24, 2.45) is 0 Å². The second-order valence-corrected chi connectivity index (χ2v) is 6.74. The topological polar surface area (TPSA) is 77.2 Å². The van der Waals surface area contributed by atoms with Gasteiger partial charge in [0.05, 0.1) is 0 Å². The molecule has 0 aliphatic carbocycles. The number of hydrogen-bond donors (Lipinski definition) is 1. The van der Waals surface area contributed by atoms with Gasteiger partial charge >= 0.3 is 6.09 Å². The minimum absolute atomic E-state index is 0.414. The summed E-state index contributed by atoms with van der Waals surface area (Å²) < 4.78 is 10.6. The normalized spacial score (nSPS) is 11.4. The molecule has 0 aromatic carbocycles. The second kappa shape index (κ2) is 8.92. The summed E-state index contributed by atoms with van der Waals surface area (Å²) >= 11 is 1.58. The van der Waals surface area contributed by atoms with Crippen molar-refractivity contribution in [1.29, 1.82) is 0 Å². The van der Waals surface area contributed by atoms with E-state index in [0.29, 0.717) is 24.1 Å². The first-order chi connectivity index (χ1) is 9.90. The lowest BCUT2D eigenvalue weighted by Gasteiger charge is -2.19. The number of hydrogen-bond acceptors (Lipinski definition) is 6. The Morgan fingerprint density at radius 1 is 1.33 bits per heavy atom. The fourth-order valence-corrected chi connectivity index (χ4v) is 2.27. The number of nitrogens with zero attached hydrogens (tertiary/aromatic N) is 2. The average molecular weight is 315 g/mol. The Morgan fingerprint density at radius 2 is 2.10 bits per heavy atom. The van der Waals surface area contributed by atoms with Crippen LogP contribution in [0.5, 0.6) is 0 Å². The fraction of sp³-hybridized carbons (Fsp3) is 0.786. The number of ether oxygens (including phenoxy) is 1. The zero-order valence-corrected chi connectivity index (χ0v) is 14.1. The number of rotatable bonds is 8. The SMILES string of the molecule is CCCCCSc1nnc(CCNC(=O)OC(C)(C)C)o1. The van der Waals surface area contributed by atoms with Crippen molar-refractivity contribution in [3.8, 4) is 0 Å². The van der Waals surface area contributed by atoms with Gasteiger partial charge in [0.25, 0.3) is 5.22 Å². The van der Waals surface area contributed by atoms with Gasteiger partial charge in [0, 0.05) is 18.7 Å². The van der Waals surface area contributed by atoms with Crippen LogP contribution in [0.3, 0.4) is 0 Å². The van der Waals surface area contributed by atoms with Crippen LogP contribution >= 0.6 is 11.8 Å². The highest BCUT2D eigenvalue weighted by Gasteiger charge is 2.16. The van der Waals surface area contributed by atoms with Crippen molar-refractivity contribution in [3.05, 3.63) is 5.89 Å². The third-order valence-corrected chi connectivity index (χ3v) is 3.33. The highest BCUT2D eigenvalue weighted by molar-refractivity contribution is 7.99. The predicted octanol–water partition coefficient (Wildman–Crippen LogP) is 3.42. The lowest BCUT2D eigenvalue weighted by atomic mass is 10.2. The van der Waals surface area contributed by atoms with E-state index in [9.17, 15) is 4.79 Å². The Hall–Kier alpha value is -1.24.